The highest BCUT2D eigenvalue weighted by atomic mass is 32.2. The van der Waals surface area contributed by atoms with Gasteiger partial charge in [-0.3, -0.25) is 0 Å². The first-order valence-corrected chi connectivity index (χ1v) is 6.69. The molecule has 2 atom stereocenters. The van der Waals surface area contributed by atoms with Crippen LogP contribution in [0.3, 0.4) is 0 Å². The van der Waals surface area contributed by atoms with Gasteiger partial charge in [-0.25, -0.2) is 17.6 Å². The minimum atomic E-state index is -3.01. The van der Waals surface area contributed by atoms with Gasteiger partial charge < -0.3 is 4.55 Å². The summed E-state index contributed by atoms with van der Waals surface area (Å²) in [5.74, 6) is -1.80. The van der Waals surface area contributed by atoms with E-state index in [1.807, 2.05) is 0 Å². The van der Waals surface area contributed by atoms with Gasteiger partial charge in [0.15, 0.2) is 0 Å². The molecule has 0 radical (unpaired) electrons. The number of halogens is 4. The highest BCUT2D eigenvalue weighted by molar-refractivity contribution is 7.90. The summed E-state index contributed by atoms with van der Waals surface area (Å²) in [6, 6.07) is 0.457. The minimum absolute atomic E-state index is 0.535. The van der Waals surface area contributed by atoms with E-state index in [9.17, 15) is 22.1 Å². The Morgan fingerprint density at radius 2 is 1.79 bits per heavy atom. The van der Waals surface area contributed by atoms with Crippen molar-refractivity contribution >= 4 is 11.4 Å². The van der Waals surface area contributed by atoms with Crippen LogP contribution in [0, 0.1) is 11.6 Å². The van der Waals surface area contributed by atoms with E-state index in [1.54, 1.807) is 20.8 Å². The number of rotatable bonds is 4. The van der Waals surface area contributed by atoms with Crippen LogP contribution in [-0.2, 0) is 11.4 Å². The Morgan fingerprint density at radius 1 is 1.21 bits per heavy atom. The predicted octanol–water partition coefficient (Wildman–Crippen LogP) is 3.32. The van der Waals surface area contributed by atoms with Gasteiger partial charge in [0.05, 0.1) is 0 Å². The quantitative estimate of drug-likeness (QED) is 0.683. The topological polar surface area (TPSA) is 35.1 Å². The molecule has 2 unspecified atom stereocenters. The van der Waals surface area contributed by atoms with E-state index in [0.29, 0.717) is 6.07 Å². The summed E-state index contributed by atoms with van der Waals surface area (Å²) in [5, 5.41) is 0. The molecule has 2 nitrogen and oxygen atoms in total. The first kappa shape index (κ1) is 16.3. The molecule has 0 saturated carbocycles. The molecule has 0 aliphatic rings. The van der Waals surface area contributed by atoms with Crippen molar-refractivity contribution in [2.24, 2.45) is 0 Å². The number of benzene rings is 1. The van der Waals surface area contributed by atoms with E-state index in [-0.39, 0.29) is 0 Å². The van der Waals surface area contributed by atoms with Crippen LogP contribution in [0.4, 0.5) is 17.6 Å². The Morgan fingerprint density at radius 3 is 2.26 bits per heavy atom. The van der Waals surface area contributed by atoms with E-state index in [1.165, 1.54) is 0 Å². The summed E-state index contributed by atoms with van der Waals surface area (Å²) < 4.78 is 65.6. The second kappa shape index (κ2) is 6.11. The van der Waals surface area contributed by atoms with Crippen LogP contribution in [0.15, 0.2) is 18.2 Å². The van der Waals surface area contributed by atoms with Gasteiger partial charge in [-0.05, 0) is 39.0 Å². The highest BCUT2D eigenvalue weighted by Crippen LogP contribution is 2.27. The van der Waals surface area contributed by atoms with Gasteiger partial charge in [-0.15, -0.1) is 4.72 Å². The van der Waals surface area contributed by atoms with Crippen molar-refractivity contribution in [1.82, 2.24) is 4.72 Å². The van der Waals surface area contributed by atoms with Gasteiger partial charge >= 0.3 is 0 Å². The molecule has 0 aliphatic carbocycles. The van der Waals surface area contributed by atoms with Gasteiger partial charge in [0.25, 0.3) is 6.43 Å². The lowest BCUT2D eigenvalue weighted by Crippen LogP contribution is -2.43. The Bertz CT molecular complexity index is 436. The fraction of sp³-hybridized carbons (Fsp3) is 0.500. The van der Waals surface area contributed by atoms with Crippen LogP contribution in [0.5, 0.6) is 0 Å². The van der Waals surface area contributed by atoms with Gasteiger partial charge in [-0.1, -0.05) is 0 Å². The van der Waals surface area contributed by atoms with Crippen molar-refractivity contribution in [3.8, 4) is 0 Å². The third kappa shape index (κ3) is 4.36. The van der Waals surface area contributed by atoms with Crippen LogP contribution in [0.1, 0.15) is 32.4 Å². The third-order valence-electron chi connectivity index (χ3n) is 2.34. The Labute approximate surface area is 112 Å². The smallest absolute Gasteiger partial charge is 0.262 e. The highest BCUT2D eigenvalue weighted by Gasteiger charge is 2.35. The largest absolute Gasteiger partial charge is 0.598 e. The molecule has 0 bridgehead atoms. The molecule has 7 heteroatoms. The first-order valence-electron chi connectivity index (χ1n) is 5.54. The van der Waals surface area contributed by atoms with Gasteiger partial charge in [0.2, 0.25) is 0 Å². The van der Waals surface area contributed by atoms with E-state index < -0.39 is 45.8 Å². The molecule has 1 N–H and O–H groups in total. The van der Waals surface area contributed by atoms with Crippen molar-refractivity contribution < 1.29 is 22.1 Å². The standard InChI is InChI=1S/C12H15F4NOS/c1-12(2,3)19(18)17-10(11(15)16)8-6-7(13)4-5-9(8)14/h4-6,10-11,17H,1-3H3. The van der Waals surface area contributed by atoms with Gasteiger partial charge in [-0.2, -0.15) is 0 Å². The van der Waals surface area contributed by atoms with Gasteiger partial charge in [0.1, 0.15) is 22.4 Å². The van der Waals surface area contributed by atoms with E-state index in [2.05, 4.69) is 4.72 Å². The second-order valence-corrected chi connectivity index (χ2v) is 6.97. The maximum atomic E-state index is 13.5. The number of hydrogen-bond donors (Lipinski definition) is 1. The lowest BCUT2D eigenvalue weighted by atomic mass is 10.1. The summed E-state index contributed by atoms with van der Waals surface area (Å²) >= 11 is -1.82. The molecule has 0 spiro atoms. The summed E-state index contributed by atoms with van der Waals surface area (Å²) in [7, 11) is 0. The average Bonchev–Trinajstić information content (AvgIpc) is 2.27. The zero-order chi connectivity index (χ0) is 14.8. The average molecular weight is 297 g/mol. The molecule has 1 rings (SSSR count). The fourth-order valence-electron chi connectivity index (χ4n) is 1.30. The van der Waals surface area contributed by atoms with Crippen LogP contribution in [0.25, 0.3) is 0 Å². The maximum Gasteiger partial charge on any atom is 0.262 e. The lowest BCUT2D eigenvalue weighted by Gasteiger charge is -2.27. The Hall–Kier alpha value is -0.790. The van der Waals surface area contributed by atoms with E-state index >= 15 is 0 Å². The molecular formula is C12H15F4NOS. The van der Waals surface area contributed by atoms with Crippen LogP contribution < -0.4 is 4.72 Å². The molecule has 108 valence electrons. The van der Waals surface area contributed by atoms with Crippen molar-refractivity contribution in [2.75, 3.05) is 0 Å². The number of nitrogens with one attached hydrogen (secondary N) is 1. The Balaban J connectivity index is 3.05. The number of alkyl halides is 2. The van der Waals surface area contributed by atoms with E-state index in [0.717, 1.165) is 12.1 Å². The van der Waals surface area contributed by atoms with Crippen molar-refractivity contribution in [3.05, 3.63) is 35.4 Å². The number of hydrogen-bond acceptors (Lipinski definition) is 2. The summed E-state index contributed by atoms with van der Waals surface area (Å²) in [4.78, 5) is 0. The van der Waals surface area contributed by atoms with Crippen molar-refractivity contribution in [3.63, 3.8) is 0 Å². The molecule has 0 saturated heterocycles. The molecule has 0 aliphatic heterocycles. The third-order valence-corrected chi connectivity index (χ3v) is 3.92. The van der Waals surface area contributed by atoms with E-state index in [4.69, 9.17) is 0 Å². The fourth-order valence-corrected chi connectivity index (χ4v) is 2.11. The summed E-state index contributed by atoms with van der Waals surface area (Å²) in [5.41, 5.74) is -0.535. The van der Waals surface area contributed by atoms with Crippen LogP contribution in [-0.4, -0.2) is 15.7 Å². The summed E-state index contributed by atoms with van der Waals surface area (Å²) in [6.07, 6.45) is -3.01. The van der Waals surface area contributed by atoms with Crippen LogP contribution >= 0.6 is 0 Å². The van der Waals surface area contributed by atoms with Crippen LogP contribution in [0.2, 0.25) is 0 Å². The Kier molecular flexibility index (Phi) is 5.23. The molecule has 0 amide bonds. The maximum absolute atomic E-state index is 13.5. The molecule has 0 fully saturated rings. The van der Waals surface area contributed by atoms with Crippen molar-refractivity contribution in [1.29, 1.82) is 0 Å². The van der Waals surface area contributed by atoms with Gasteiger partial charge in [0, 0.05) is 16.9 Å². The normalized spacial score (nSPS) is 15.6. The predicted molar refractivity (Wildman–Crippen MR) is 66.1 cm³/mol. The lowest BCUT2D eigenvalue weighted by molar-refractivity contribution is 0.107. The molecule has 1 aromatic rings. The first-order chi connectivity index (χ1) is 8.62. The molecule has 19 heavy (non-hydrogen) atoms. The molecule has 0 aromatic heterocycles. The minimum Gasteiger partial charge on any atom is -0.598 e. The molecule has 1 aromatic carbocycles. The molecular weight excluding hydrogens is 282 g/mol. The molecule has 0 heterocycles. The monoisotopic (exact) mass is 297 g/mol. The SMILES string of the molecule is CC(C)(C)[S+]([O-])NC(c1cc(F)ccc1F)C(F)F. The van der Waals surface area contributed by atoms with Crippen molar-refractivity contribution in [2.45, 2.75) is 38.0 Å². The zero-order valence-electron chi connectivity index (χ0n) is 10.7. The summed E-state index contributed by atoms with van der Waals surface area (Å²) in [6.45, 7) is 4.75. The zero-order valence-corrected chi connectivity index (χ0v) is 11.5. The second-order valence-electron chi connectivity index (χ2n) is 4.98.